The molecule has 4 rings (SSSR count). The molecule has 1 amide bonds. The largest absolute Gasteiger partial charge is 0.494 e. The highest BCUT2D eigenvalue weighted by Crippen LogP contribution is 2.26. The number of nitrogens with zero attached hydrogens (tertiary/aromatic N) is 3. The maximum absolute atomic E-state index is 13.5. The molecule has 8 nitrogen and oxygen atoms in total. The molecule has 0 fully saturated rings. The molecule has 1 heterocycles. The van der Waals surface area contributed by atoms with Crippen molar-refractivity contribution in [1.82, 2.24) is 9.99 Å². The predicted octanol–water partition coefficient (Wildman–Crippen LogP) is 5.15. The third-order valence-electron chi connectivity index (χ3n) is 6.27. The maximum Gasteiger partial charge on any atom is 0.264 e. The van der Waals surface area contributed by atoms with Crippen molar-refractivity contribution >= 4 is 27.8 Å². The van der Waals surface area contributed by atoms with Gasteiger partial charge in [-0.05, 0) is 81.8 Å². The van der Waals surface area contributed by atoms with Gasteiger partial charge >= 0.3 is 0 Å². The number of nitrogens with one attached hydrogen (secondary N) is 1. The van der Waals surface area contributed by atoms with Gasteiger partial charge in [0, 0.05) is 22.6 Å². The molecule has 0 aliphatic carbocycles. The van der Waals surface area contributed by atoms with Gasteiger partial charge in [-0.2, -0.15) is 5.10 Å². The van der Waals surface area contributed by atoms with Gasteiger partial charge in [0.05, 0.1) is 23.4 Å². The molecule has 0 bridgehead atoms. The minimum absolute atomic E-state index is 0.0823. The summed E-state index contributed by atoms with van der Waals surface area (Å²) in [5.41, 5.74) is 7.89. The first-order valence-corrected chi connectivity index (χ1v) is 14.0. The number of anilines is 1. The number of ether oxygens (including phenoxy) is 1. The second kappa shape index (κ2) is 12.0. The van der Waals surface area contributed by atoms with Crippen LogP contribution in [0.25, 0.3) is 5.69 Å². The number of hydrazone groups is 1. The van der Waals surface area contributed by atoms with Crippen molar-refractivity contribution in [3.63, 3.8) is 0 Å². The van der Waals surface area contributed by atoms with E-state index in [4.69, 9.17) is 4.74 Å². The lowest BCUT2D eigenvalue weighted by Gasteiger charge is -2.24. The highest BCUT2D eigenvalue weighted by molar-refractivity contribution is 7.92. The number of aryl methyl sites for hydroxylation is 2. The summed E-state index contributed by atoms with van der Waals surface area (Å²) in [4.78, 5) is 13.0. The molecule has 1 aromatic heterocycles. The van der Waals surface area contributed by atoms with E-state index in [0.29, 0.717) is 18.0 Å². The van der Waals surface area contributed by atoms with E-state index in [1.54, 1.807) is 48.7 Å². The highest BCUT2D eigenvalue weighted by atomic mass is 32.2. The van der Waals surface area contributed by atoms with Crippen LogP contribution in [-0.4, -0.2) is 38.3 Å². The van der Waals surface area contributed by atoms with Gasteiger partial charge in [-0.15, -0.1) is 0 Å². The number of benzene rings is 3. The predicted molar refractivity (Wildman–Crippen MR) is 154 cm³/mol. The number of sulfonamides is 1. The summed E-state index contributed by atoms with van der Waals surface area (Å²) < 4.78 is 35.7. The Balaban J connectivity index is 1.55. The molecule has 0 saturated heterocycles. The van der Waals surface area contributed by atoms with Crippen molar-refractivity contribution in [3.05, 3.63) is 107 Å². The number of rotatable bonds is 10. The molecule has 0 spiro atoms. The molecule has 0 atom stereocenters. The van der Waals surface area contributed by atoms with Crippen molar-refractivity contribution < 1.29 is 17.9 Å². The van der Waals surface area contributed by atoms with Gasteiger partial charge in [-0.25, -0.2) is 13.8 Å². The monoisotopic (exact) mass is 544 g/mol. The van der Waals surface area contributed by atoms with Crippen LogP contribution < -0.4 is 14.5 Å². The average molecular weight is 545 g/mol. The van der Waals surface area contributed by atoms with E-state index in [1.165, 1.54) is 12.1 Å². The van der Waals surface area contributed by atoms with E-state index in [0.717, 1.165) is 32.5 Å². The van der Waals surface area contributed by atoms with Crippen LogP contribution >= 0.6 is 0 Å². The lowest BCUT2D eigenvalue weighted by molar-refractivity contribution is -0.119. The van der Waals surface area contributed by atoms with Crippen LogP contribution in [0, 0.1) is 20.8 Å². The third kappa shape index (κ3) is 6.21. The normalized spacial score (nSPS) is 11.5. The van der Waals surface area contributed by atoms with E-state index in [-0.39, 0.29) is 4.90 Å². The Morgan fingerprint density at radius 3 is 2.31 bits per heavy atom. The molecule has 1 N–H and O–H groups in total. The van der Waals surface area contributed by atoms with Crippen LogP contribution in [0.15, 0.2) is 94.9 Å². The first-order chi connectivity index (χ1) is 18.7. The van der Waals surface area contributed by atoms with Crippen LogP contribution in [0.3, 0.4) is 0 Å². The maximum atomic E-state index is 13.5. The minimum Gasteiger partial charge on any atom is -0.494 e. The molecule has 39 heavy (non-hydrogen) atoms. The van der Waals surface area contributed by atoms with Crippen LogP contribution in [-0.2, 0) is 14.8 Å². The fourth-order valence-corrected chi connectivity index (χ4v) is 5.79. The van der Waals surface area contributed by atoms with Gasteiger partial charge in [0.2, 0.25) is 0 Å². The first-order valence-electron chi connectivity index (χ1n) is 12.6. The molecule has 0 aliphatic heterocycles. The fourth-order valence-electron chi connectivity index (χ4n) is 4.35. The molecular weight excluding hydrogens is 512 g/mol. The van der Waals surface area contributed by atoms with Gasteiger partial charge in [-0.3, -0.25) is 9.10 Å². The standard InChI is InChI=1S/C30H32N4O4S/c1-5-38-27-17-15-26(16-18-27)33(39(36,37)28-12-7-6-8-13-28)21-30(35)32-31-20-25-19-23(3)34(24(25)4)29-14-10-9-11-22(29)2/h6-20H,5,21H2,1-4H3,(H,32,35)/b31-20+. The summed E-state index contributed by atoms with van der Waals surface area (Å²) in [7, 11) is -4.02. The Labute approximate surface area is 229 Å². The lowest BCUT2D eigenvalue weighted by atomic mass is 10.2. The van der Waals surface area contributed by atoms with Crippen LogP contribution in [0.4, 0.5) is 5.69 Å². The molecular formula is C30H32N4O4S. The van der Waals surface area contributed by atoms with E-state index in [9.17, 15) is 13.2 Å². The summed E-state index contributed by atoms with van der Waals surface area (Å²) in [5, 5.41) is 4.13. The number of amides is 1. The van der Waals surface area contributed by atoms with Crippen molar-refractivity contribution in [2.45, 2.75) is 32.6 Å². The Morgan fingerprint density at radius 2 is 1.64 bits per heavy atom. The molecule has 0 saturated carbocycles. The lowest BCUT2D eigenvalue weighted by Crippen LogP contribution is -2.39. The zero-order chi connectivity index (χ0) is 28.0. The van der Waals surface area contributed by atoms with E-state index < -0.39 is 22.5 Å². The van der Waals surface area contributed by atoms with E-state index >= 15 is 0 Å². The first kappa shape index (κ1) is 27.7. The summed E-state index contributed by atoms with van der Waals surface area (Å²) >= 11 is 0. The van der Waals surface area contributed by atoms with Gasteiger partial charge in [0.1, 0.15) is 12.3 Å². The van der Waals surface area contributed by atoms with Crippen LogP contribution in [0.1, 0.15) is 29.4 Å². The fraction of sp³-hybridized carbons (Fsp3) is 0.200. The number of carbonyl (C=O) groups is 1. The average Bonchev–Trinajstić information content (AvgIpc) is 3.21. The highest BCUT2D eigenvalue weighted by Gasteiger charge is 2.27. The van der Waals surface area contributed by atoms with Crippen molar-refractivity contribution in [2.24, 2.45) is 5.10 Å². The Bertz CT molecular complexity index is 1580. The van der Waals surface area contributed by atoms with Crippen molar-refractivity contribution in [1.29, 1.82) is 0 Å². The number of para-hydroxylation sites is 1. The van der Waals surface area contributed by atoms with Crippen LogP contribution in [0.2, 0.25) is 0 Å². The van der Waals surface area contributed by atoms with Gasteiger partial charge in [0.15, 0.2) is 0 Å². The number of carbonyl (C=O) groups excluding carboxylic acids is 1. The van der Waals surface area contributed by atoms with E-state index in [2.05, 4.69) is 34.2 Å². The van der Waals surface area contributed by atoms with E-state index in [1.807, 2.05) is 39.0 Å². The number of aromatic nitrogens is 1. The summed E-state index contributed by atoms with van der Waals surface area (Å²) in [6, 6.07) is 24.7. The zero-order valence-electron chi connectivity index (χ0n) is 22.5. The van der Waals surface area contributed by atoms with Crippen molar-refractivity contribution in [3.8, 4) is 11.4 Å². The Hall–Kier alpha value is -4.37. The quantitative estimate of drug-likeness (QED) is 0.221. The number of hydrogen-bond donors (Lipinski definition) is 1. The van der Waals surface area contributed by atoms with Gasteiger partial charge in [-0.1, -0.05) is 36.4 Å². The van der Waals surface area contributed by atoms with Crippen LogP contribution in [0.5, 0.6) is 5.75 Å². The molecule has 3 aromatic carbocycles. The topological polar surface area (TPSA) is 93.0 Å². The molecule has 4 aromatic rings. The Kier molecular flexibility index (Phi) is 8.51. The summed E-state index contributed by atoms with van der Waals surface area (Å²) in [5.74, 6) is 0.0306. The molecule has 0 aliphatic rings. The second-order valence-corrected chi connectivity index (χ2v) is 10.9. The number of hydrogen-bond acceptors (Lipinski definition) is 5. The summed E-state index contributed by atoms with van der Waals surface area (Å²) in [6.07, 6.45) is 1.57. The summed E-state index contributed by atoms with van der Waals surface area (Å²) in [6.45, 7) is 7.96. The molecule has 0 unspecified atom stereocenters. The Morgan fingerprint density at radius 1 is 0.974 bits per heavy atom. The van der Waals surface area contributed by atoms with Gasteiger partial charge < -0.3 is 9.30 Å². The van der Waals surface area contributed by atoms with Gasteiger partial charge in [0.25, 0.3) is 15.9 Å². The third-order valence-corrected chi connectivity index (χ3v) is 8.06. The molecule has 0 radical (unpaired) electrons. The SMILES string of the molecule is CCOc1ccc(N(CC(=O)N/N=C/c2cc(C)n(-c3ccccc3C)c2C)S(=O)(=O)c2ccccc2)cc1. The zero-order valence-corrected chi connectivity index (χ0v) is 23.3. The molecule has 202 valence electrons. The second-order valence-electron chi connectivity index (χ2n) is 8.99. The van der Waals surface area contributed by atoms with Crippen molar-refractivity contribution in [2.75, 3.05) is 17.5 Å². The smallest absolute Gasteiger partial charge is 0.264 e. The minimum atomic E-state index is -4.02. The molecule has 9 heteroatoms.